The van der Waals surface area contributed by atoms with Gasteiger partial charge in [0, 0.05) is 49.5 Å². The minimum atomic E-state index is -0.393. The molecule has 0 aliphatic carbocycles. The molecule has 1 amide bonds. The highest BCUT2D eigenvalue weighted by atomic mass is 19.1. The van der Waals surface area contributed by atoms with Crippen LogP contribution in [0.5, 0.6) is 0 Å². The van der Waals surface area contributed by atoms with Crippen molar-refractivity contribution in [2.45, 2.75) is 45.2 Å². The Kier molecular flexibility index (Phi) is 5.17. The van der Waals surface area contributed by atoms with E-state index in [1.807, 2.05) is 35.2 Å². The number of likely N-dealkylation sites (N-methyl/N-ethyl adjacent to an activating group) is 1. The number of pyridine rings is 1. The lowest BCUT2D eigenvalue weighted by atomic mass is 9.98. The van der Waals surface area contributed by atoms with Crippen LogP contribution in [0.15, 0.2) is 36.9 Å². The number of nitrogens with zero attached hydrogens (tertiary/aromatic N) is 6. The fourth-order valence-corrected chi connectivity index (χ4v) is 5.35. The van der Waals surface area contributed by atoms with E-state index in [2.05, 4.69) is 9.97 Å². The van der Waals surface area contributed by atoms with Crippen LogP contribution in [0.1, 0.15) is 48.9 Å². The number of rotatable bonds is 3. The zero-order valence-corrected chi connectivity index (χ0v) is 20.0. The van der Waals surface area contributed by atoms with E-state index in [9.17, 15) is 4.79 Å². The fraction of sp³-hybridized carbons (Fsp3) is 0.385. The summed E-state index contributed by atoms with van der Waals surface area (Å²) >= 11 is 0. The number of fused-ring (bicyclic) bond motifs is 2. The third kappa shape index (κ3) is 3.53. The van der Waals surface area contributed by atoms with E-state index >= 15 is 4.39 Å². The molecule has 4 aromatic rings. The topological polar surface area (TPSA) is 78.1 Å². The van der Waals surface area contributed by atoms with E-state index < -0.39 is 6.04 Å². The normalized spacial score (nSPS) is 18.9. The molecule has 5 heterocycles. The molecular formula is C26H27FN6O2. The third-order valence-corrected chi connectivity index (χ3v) is 7.18. The smallest absolute Gasteiger partial charge is 0.245 e. The van der Waals surface area contributed by atoms with Crippen molar-refractivity contribution in [3.8, 4) is 17.1 Å². The number of halogens is 1. The van der Waals surface area contributed by atoms with Crippen LogP contribution in [-0.4, -0.2) is 55.2 Å². The average molecular weight is 475 g/mol. The van der Waals surface area contributed by atoms with Gasteiger partial charge in [0.1, 0.15) is 29.8 Å². The summed E-state index contributed by atoms with van der Waals surface area (Å²) < 4.78 is 25.0. The number of carbonyl (C=O) groups excluding carboxylic acids is 1. The Morgan fingerprint density at radius 3 is 2.71 bits per heavy atom. The van der Waals surface area contributed by atoms with Crippen LogP contribution in [0.3, 0.4) is 0 Å². The number of imidazole rings is 2. The van der Waals surface area contributed by atoms with Crippen molar-refractivity contribution in [2.24, 2.45) is 0 Å². The van der Waals surface area contributed by atoms with E-state index in [0.717, 1.165) is 35.4 Å². The van der Waals surface area contributed by atoms with Gasteiger partial charge < -0.3 is 14.2 Å². The first-order valence-electron chi connectivity index (χ1n) is 12.0. The Balaban J connectivity index is 1.56. The standard InChI is InChI=1S/C26H27FN6O2/c1-15-12-32(14-29-15)22-10-18-4-5-20(27)23(19(18)11-28-22)24-21-13-31(3)26(34)16(2)33(21)25(30-24)17-6-8-35-9-7-17/h4-5,10-12,14,16-17H,6-9,13H2,1-3H3/t16-/m0/s1. The van der Waals surface area contributed by atoms with Crippen LogP contribution in [0.25, 0.3) is 27.8 Å². The molecule has 1 atom stereocenters. The second kappa shape index (κ2) is 8.27. The largest absolute Gasteiger partial charge is 0.381 e. The van der Waals surface area contributed by atoms with E-state index in [1.165, 1.54) is 6.07 Å². The molecule has 2 aliphatic heterocycles. The number of benzene rings is 1. The number of aryl methyl sites for hydroxylation is 1. The molecule has 1 saturated heterocycles. The third-order valence-electron chi connectivity index (χ3n) is 7.18. The van der Waals surface area contributed by atoms with Crippen molar-refractivity contribution in [3.05, 3.63) is 59.9 Å². The summed E-state index contributed by atoms with van der Waals surface area (Å²) in [7, 11) is 1.79. The lowest BCUT2D eigenvalue weighted by Crippen LogP contribution is -2.40. The summed E-state index contributed by atoms with van der Waals surface area (Å²) in [4.78, 5) is 28.5. The summed E-state index contributed by atoms with van der Waals surface area (Å²) in [5, 5.41) is 1.55. The maximum Gasteiger partial charge on any atom is 0.245 e. The molecule has 0 bridgehead atoms. The van der Waals surface area contributed by atoms with Gasteiger partial charge >= 0.3 is 0 Å². The van der Waals surface area contributed by atoms with Crippen molar-refractivity contribution in [1.29, 1.82) is 0 Å². The molecule has 1 fully saturated rings. The lowest BCUT2D eigenvalue weighted by Gasteiger charge is -2.32. The zero-order chi connectivity index (χ0) is 24.3. The van der Waals surface area contributed by atoms with Gasteiger partial charge in [0.2, 0.25) is 5.91 Å². The Morgan fingerprint density at radius 1 is 1.17 bits per heavy atom. The fourth-order valence-electron chi connectivity index (χ4n) is 5.35. The molecule has 35 heavy (non-hydrogen) atoms. The molecule has 0 N–H and O–H groups in total. The van der Waals surface area contributed by atoms with Crippen molar-refractivity contribution in [3.63, 3.8) is 0 Å². The Morgan fingerprint density at radius 2 is 1.97 bits per heavy atom. The van der Waals surface area contributed by atoms with Gasteiger partial charge in [-0.25, -0.2) is 19.3 Å². The molecule has 6 rings (SSSR count). The second-order valence-electron chi connectivity index (χ2n) is 9.50. The van der Waals surface area contributed by atoms with Crippen LogP contribution < -0.4 is 0 Å². The molecule has 0 spiro atoms. The van der Waals surface area contributed by atoms with Crippen LogP contribution >= 0.6 is 0 Å². The zero-order valence-electron chi connectivity index (χ0n) is 20.0. The molecule has 2 aliphatic rings. The molecule has 9 heteroatoms. The Bertz CT molecular complexity index is 1450. The van der Waals surface area contributed by atoms with Gasteiger partial charge in [-0.15, -0.1) is 0 Å². The lowest BCUT2D eigenvalue weighted by molar-refractivity contribution is -0.135. The minimum Gasteiger partial charge on any atom is -0.381 e. The summed E-state index contributed by atoms with van der Waals surface area (Å²) in [6, 6.07) is 4.79. The number of carbonyl (C=O) groups is 1. The van der Waals surface area contributed by atoms with Crippen molar-refractivity contribution in [2.75, 3.05) is 20.3 Å². The van der Waals surface area contributed by atoms with Gasteiger partial charge in [0.05, 0.1) is 23.6 Å². The maximum absolute atomic E-state index is 15.5. The summed E-state index contributed by atoms with van der Waals surface area (Å²) in [6.07, 6.45) is 6.99. The number of aromatic nitrogens is 5. The van der Waals surface area contributed by atoms with Gasteiger partial charge in [-0.2, -0.15) is 0 Å². The first kappa shape index (κ1) is 21.9. The highest BCUT2D eigenvalue weighted by molar-refractivity contribution is 5.97. The molecule has 180 valence electrons. The average Bonchev–Trinajstić information content (AvgIpc) is 3.47. The van der Waals surface area contributed by atoms with Gasteiger partial charge in [0.15, 0.2) is 0 Å². The SMILES string of the molecule is Cc1cn(-c2cc3ccc(F)c(-c4nc(C5CCOCC5)n5c4CN(C)C(=O)[C@@H]5C)c3cn2)cn1. The van der Waals surface area contributed by atoms with Crippen molar-refractivity contribution >= 4 is 16.7 Å². The number of hydrogen-bond acceptors (Lipinski definition) is 5. The van der Waals surface area contributed by atoms with Crippen LogP contribution in [0, 0.1) is 12.7 Å². The predicted molar refractivity (Wildman–Crippen MR) is 129 cm³/mol. The van der Waals surface area contributed by atoms with Crippen LogP contribution in [0.4, 0.5) is 4.39 Å². The first-order chi connectivity index (χ1) is 16.9. The highest BCUT2D eigenvalue weighted by Crippen LogP contribution is 2.40. The van der Waals surface area contributed by atoms with E-state index in [-0.39, 0.29) is 17.6 Å². The minimum absolute atomic E-state index is 0.0371. The predicted octanol–water partition coefficient (Wildman–Crippen LogP) is 4.16. The highest BCUT2D eigenvalue weighted by Gasteiger charge is 2.36. The van der Waals surface area contributed by atoms with Gasteiger partial charge in [0.25, 0.3) is 0 Å². The van der Waals surface area contributed by atoms with Crippen LogP contribution in [0.2, 0.25) is 0 Å². The summed E-state index contributed by atoms with van der Waals surface area (Å²) in [6.45, 7) is 5.52. The number of hydrogen-bond donors (Lipinski definition) is 0. The molecule has 8 nitrogen and oxygen atoms in total. The van der Waals surface area contributed by atoms with Crippen LogP contribution in [-0.2, 0) is 16.1 Å². The van der Waals surface area contributed by atoms with Gasteiger partial charge in [-0.1, -0.05) is 6.07 Å². The molecule has 0 saturated carbocycles. The second-order valence-corrected chi connectivity index (χ2v) is 9.50. The monoisotopic (exact) mass is 474 g/mol. The van der Waals surface area contributed by atoms with Gasteiger partial charge in [-0.05, 0) is 44.2 Å². The van der Waals surface area contributed by atoms with Gasteiger partial charge in [-0.3, -0.25) is 9.36 Å². The number of ether oxygens (including phenoxy) is 1. The first-order valence-corrected chi connectivity index (χ1v) is 12.0. The van der Waals surface area contributed by atoms with Crippen molar-refractivity contribution < 1.29 is 13.9 Å². The van der Waals surface area contributed by atoms with Crippen molar-refractivity contribution in [1.82, 2.24) is 29.0 Å². The van der Waals surface area contributed by atoms with E-state index in [1.54, 1.807) is 30.5 Å². The Labute approximate surface area is 202 Å². The molecule has 0 unspecified atom stereocenters. The van der Waals surface area contributed by atoms with E-state index in [0.29, 0.717) is 42.2 Å². The maximum atomic E-state index is 15.5. The quantitative estimate of drug-likeness (QED) is 0.446. The molecule has 0 radical (unpaired) electrons. The molecule has 3 aromatic heterocycles. The molecular weight excluding hydrogens is 447 g/mol. The molecule has 1 aromatic carbocycles. The summed E-state index contributed by atoms with van der Waals surface area (Å²) in [5.41, 5.74) is 2.78. The Hall–Kier alpha value is -3.59. The van der Waals surface area contributed by atoms with E-state index in [4.69, 9.17) is 9.72 Å². The summed E-state index contributed by atoms with van der Waals surface area (Å²) in [5.74, 6) is 1.42. The number of amides is 1.